The SMILES string of the molecule is CC(C)n1cnc([C@H]2CN(Cc3cccnc3)C[C@@]23CCN(Cc2cccnc2)C3=O)c1. The zero-order chi connectivity index (χ0) is 22.1. The van der Waals surface area contributed by atoms with Crippen molar-refractivity contribution < 1.29 is 4.79 Å². The van der Waals surface area contributed by atoms with Crippen LogP contribution in [0.4, 0.5) is 0 Å². The minimum Gasteiger partial charge on any atom is -0.338 e. The molecule has 5 heterocycles. The van der Waals surface area contributed by atoms with E-state index >= 15 is 0 Å². The molecule has 2 aliphatic heterocycles. The molecule has 2 fully saturated rings. The highest BCUT2D eigenvalue weighted by Crippen LogP contribution is 2.50. The first-order chi connectivity index (χ1) is 15.5. The molecule has 0 aromatic carbocycles. The number of imidazole rings is 1. The minimum atomic E-state index is -0.430. The van der Waals surface area contributed by atoms with E-state index in [4.69, 9.17) is 4.98 Å². The highest BCUT2D eigenvalue weighted by Gasteiger charge is 2.57. The molecule has 0 radical (unpaired) electrons. The molecule has 0 bridgehead atoms. The lowest BCUT2D eigenvalue weighted by Crippen LogP contribution is -2.39. The van der Waals surface area contributed by atoms with Crippen LogP contribution in [-0.4, -0.2) is 54.9 Å². The van der Waals surface area contributed by atoms with Gasteiger partial charge in [0, 0.05) is 75.7 Å². The average Bonchev–Trinajstić information content (AvgIpc) is 3.50. The Morgan fingerprint density at radius 3 is 2.44 bits per heavy atom. The topological polar surface area (TPSA) is 67.2 Å². The Morgan fingerprint density at radius 2 is 1.81 bits per heavy atom. The zero-order valence-corrected chi connectivity index (χ0v) is 18.8. The van der Waals surface area contributed by atoms with Gasteiger partial charge in [0.05, 0.1) is 17.4 Å². The summed E-state index contributed by atoms with van der Waals surface area (Å²) in [5.41, 5.74) is 2.85. The number of carbonyl (C=O) groups excluding carboxylic acids is 1. The Kier molecular flexibility index (Phi) is 5.51. The molecule has 0 unspecified atom stereocenters. The number of nitrogens with zero attached hydrogens (tertiary/aromatic N) is 6. The van der Waals surface area contributed by atoms with Crippen molar-refractivity contribution >= 4 is 5.91 Å². The lowest BCUT2D eigenvalue weighted by Gasteiger charge is -2.28. The lowest BCUT2D eigenvalue weighted by atomic mass is 9.75. The molecular weight excluding hydrogens is 400 g/mol. The van der Waals surface area contributed by atoms with E-state index in [-0.39, 0.29) is 11.8 Å². The van der Waals surface area contributed by atoms with Crippen molar-refractivity contribution in [2.45, 2.75) is 45.3 Å². The van der Waals surface area contributed by atoms with E-state index in [1.54, 1.807) is 12.4 Å². The molecule has 0 saturated carbocycles. The van der Waals surface area contributed by atoms with E-state index in [9.17, 15) is 4.79 Å². The molecule has 2 saturated heterocycles. The van der Waals surface area contributed by atoms with Crippen molar-refractivity contribution in [3.63, 3.8) is 0 Å². The summed E-state index contributed by atoms with van der Waals surface area (Å²) in [4.78, 5) is 31.6. The van der Waals surface area contributed by atoms with Crippen molar-refractivity contribution in [2.24, 2.45) is 5.41 Å². The molecule has 166 valence electrons. The van der Waals surface area contributed by atoms with Crippen LogP contribution in [0.2, 0.25) is 0 Å². The van der Waals surface area contributed by atoms with Crippen molar-refractivity contribution in [1.82, 2.24) is 29.3 Å². The summed E-state index contributed by atoms with van der Waals surface area (Å²) >= 11 is 0. The van der Waals surface area contributed by atoms with Crippen LogP contribution in [0.15, 0.2) is 61.6 Å². The fourth-order valence-corrected chi connectivity index (χ4v) is 5.26. The molecule has 7 heteroatoms. The normalized spacial score (nSPS) is 23.7. The second-order valence-corrected chi connectivity index (χ2v) is 9.42. The highest BCUT2D eigenvalue weighted by atomic mass is 16.2. The largest absolute Gasteiger partial charge is 0.338 e. The number of likely N-dealkylation sites (tertiary alicyclic amines) is 2. The maximum atomic E-state index is 13.9. The maximum Gasteiger partial charge on any atom is 0.231 e. The van der Waals surface area contributed by atoms with Gasteiger partial charge in [0.1, 0.15) is 0 Å². The summed E-state index contributed by atoms with van der Waals surface area (Å²) in [6, 6.07) is 8.39. The van der Waals surface area contributed by atoms with Gasteiger partial charge in [0.15, 0.2) is 0 Å². The summed E-state index contributed by atoms with van der Waals surface area (Å²) < 4.78 is 2.14. The third kappa shape index (κ3) is 3.81. The number of aromatic nitrogens is 4. The van der Waals surface area contributed by atoms with Gasteiger partial charge in [-0.3, -0.25) is 19.7 Å². The molecule has 1 amide bonds. The van der Waals surface area contributed by atoms with Crippen LogP contribution in [0.3, 0.4) is 0 Å². The summed E-state index contributed by atoms with van der Waals surface area (Å²) in [6.07, 6.45) is 12.2. The van der Waals surface area contributed by atoms with Gasteiger partial charge in [-0.05, 0) is 43.5 Å². The van der Waals surface area contributed by atoms with Gasteiger partial charge in [0.25, 0.3) is 0 Å². The van der Waals surface area contributed by atoms with Gasteiger partial charge in [0.2, 0.25) is 5.91 Å². The predicted octanol–water partition coefficient (Wildman–Crippen LogP) is 3.27. The fraction of sp³-hybridized carbons (Fsp3) is 0.440. The molecule has 5 rings (SSSR count). The first-order valence-corrected chi connectivity index (χ1v) is 11.4. The van der Waals surface area contributed by atoms with Crippen LogP contribution in [-0.2, 0) is 17.9 Å². The van der Waals surface area contributed by atoms with Crippen LogP contribution in [0.25, 0.3) is 0 Å². The van der Waals surface area contributed by atoms with Crippen molar-refractivity contribution in [3.8, 4) is 0 Å². The monoisotopic (exact) mass is 430 g/mol. The van der Waals surface area contributed by atoms with E-state index < -0.39 is 5.41 Å². The van der Waals surface area contributed by atoms with Gasteiger partial charge in [-0.1, -0.05) is 12.1 Å². The molecule has 32 heavy (non-hydrogen) atoms. The van der Waals surface area contributed by atoms with Gasteiger partial charge in [-0.15, -0.1) is 0 Å². The molecule has 3 aromatic heterocycles. The van der Waals surface area contributed by atoms with Crippen LogP contribution >= 0.6 is 0 Å². The summed E-state index contributed by atoms with van der Waals surface area (Å²) in [7, 11) is 0. The number of hydrogen-bond acceptors (Lipinski definition) is 5. The van der Waals surface area contributed by atoms with E-state index in [0.717, 1.165) is 43.9 Å². The highest BCUT2D eigenvalue weighted by molar-refractivity contribution is 5.86. The molecule has 2 atom stereocenters. The molecule has 1 spiro atoms. The molecule has 7 nitrogen and oxygen atoms in total. The van der Waals surface area contributed by atoms with Gasteiger partial charge >= 0.3 is 0 Å². The Balaban J connectivity index is 1.43. The molecule has 3 aromatic rings. The Hall–Kier alpha value is -3.06. The van der Waals surface area contributed by atoms with E-state index in [1.807, 2.05) is 41.8 Å². The van der Waals surface area contributed by atoms with E-state index in [0.29, 0.717) is 12.6 Å². The standard InChI is InChI=1S/C25H30N6O/c1-19(2)31-16-23(28-18-31)22-15-29(13-20-5-3-8-26-11-20)17-25(22)7-10-30(24(25)32)14-21-6-4-9-27-12-21/h3-6,8-9,11-12,16,18-19,22H,7,10,13-15,17H2,1-2H3/t22-,25+/m1/s1. The Morgan fingerprint density at radius 1 is 1.09 bits per heavy atom. The average molecular weight is 431 g/mol. The number of amides is 1. The first kappa shape index (κ1) is 20.8. The van der Waals surface area contributed by atoms with Crippen molar-refractivity contribution in [1.29, 1.82) is 0 Å². The quantitative estimate of drug-likeness (QED) is 0.600. The molecule has 2 aliphatic rings. The Labute approximate surface area is 189 Å². The third-order valence-electron chi connectivity index (χ3n) is 6.95. The van der Waals surface area contributed by atoms with E-state index in [2.05, 4.69) is 45.5 Å². The maximum absolute atomic E-state index is 13.9. The predicted molar refractivity (Wildman–Crippen MR) is 122 cm³/mol. The summed E-state index contributed by atoms with van der Waals surface area (Å²) in [6.45, 7) is 8.08. The van der Waals surface area contributed by atoms with Crippen LogP contribution in [0.5, 0.6) is 0 Å². The number of pyridine rings is 2. The number of carbonyl (C=O) groups is 1. The van der Waals surface area contributed by atoms with Gasteiger partial charge in [-0.25, -0.2) is 4.98 Å². The second kappa shape index (κ2) is 8.47. The zero-order valence-electron chi connectivity index (χ0n) is 18.8. The fourth-order valence-electron chi connectivity index (χ4n) is 5.26. The molecular formula is C25H30N6O. The molecule has 0 aliphatic carbocycles. The van der Waals surface area contributed by atoms with Crippen molar-refractivity contribution in [2.75, 3.05) is 19.6 Å². The minimum absolute atomic E-state index is 0.0885. The lowest BCUT2D eigenvalue weighted by molar-refractivity contribution is -0.136. The summed E-state index contributed by atoms with van der Waals surface area (Å²) in [5.74, 6) is 0.338. The van der Waals surface area contributed by atoms with E-state index in [1.165, 1.54) is 5.56 Å². The van der Waals surface area contributed by atoms with Crippen LogP contribution < -0.4 is 0 Å². The van der Waals surface area contributed by atoms with Crippen LogP contribution in [0.1, 0.15) is 49.0 Å². The smallest absolute Gasteiger partial charge is 0.231 e. The van der Waals surface area contributed by atoms with Crippen molar-refractivity contribution in [3.05, 3.63) is 78.4 Å². The number of rotatable bonds is 6. The van der Waals surface area contributed by atoms with Gasteiger partial charge in [-0.2, -0.15) is 0 Å². The number of hydrogen-bond donors (Lipinski definition) is 0. The Bertz CT molecular complexity index is 1070. The van der Waals surface area contributed by atoms with Gasteiger partial charge < -0.3 is 9.47 Å². The molecule has 0 N–H and O–H groups in total. The second-order valence-electron chi connectivity index (χ2n) is 9.42. The van der Waals surface area contributed by atoms with Crippen LogP contribution in [0, 0.1) is 5.41 Å². The third-order valence-corrected chi connectivity index (χ3v) is 6.95. The first-order valence-electron chi connectivity index (χ1n) is 11.4. The summed E-state index contributed by atoms with van der Waals surface area (Å²) in [5, 5.41) is 0.